The Labute approximate surface area is 142 Å². The van der Waals surface area contributed by atoms with Crippen molar-refractivity contribution < 1.29 is 21.6 Å². The number of nitrogens with one attached hydrogen (secondary N) is 1. The molecule has 1 N–H and O–H groups in total. The van der Waals surface area contributed by atoms with Gasteiger partial charge in [-0.05, 0) is 23.8 Å². The molecule has 1 heterocycles. The summed E-state index contributed by atoms with van der Waals surface area (Å²) < 4.78 is 62.0. The predicted molar refractivity (Wildman–Crippen MR) is 88.8 cm³/mol. The smallest absolute Gasteiger partial charge is 0.380 e. The minimum atomic E-state index is -5.43. The fourth-order valence-corrected chi connectivity index (χ4v) is 3.41. The van der Waals surface area contributed by atoms with Gasteiger partial charge in [0.2, 0.25) is 0 Å². The minimum absolute atomic E-state index is 0.104. The maximum atomic E-state index is 12.8. The molecule has 2 aromatic carbocycles. The molecule has 0 bridgehead atoms. The van der Waals surface area contributed by atoms with Crippen LogP contribution in [0.2, 0.25) is 0 Å². The van der Waals surface area contributed by atoms with Crippen LogP contribution in [0.1, 0.15) is 5.56 Å². The van der Waals surface area contributed by atoms with Crippen LogP contribution in [-0.2, 0) is 16.4 Å². The number of nitrogens with zero attached hydrogens (tertiary/aromatic N) is 1. The Bertz CT molecular complexity index is 1010. The van der Waals surface area contributed by atoms with Gasteiger partial charge in [0.1, 0.15) is 0 Å². The maximum Gasteiger partial charge on any atom is 0.501 e. The molecule has 0 radical (unpaired) electrons. The lowest BCUT2D eigenvalue weighted by molar-refractivity contribution is -0.0435. The molecule has 3 rings (SSSR count). The lowest BCUT2D eigenvalue weighted by atomic mass is 10.1. The highest BCUT2D eigenvalue weighted by molar-refractivity contribution is 7.92. The highest BCUT2D eigenvalue weighted by atomic mass is 32.2. The molecular weight excluding hydrogens is 353 g/mol. The summed E-state index contributed by atoms with van der Waals surface area (Å²) in [7, 11) is -5.43. The van der Waals surface area contributed by atoms with Gasteiger partial charge in [-0.15, -0.1) is 0 Å². The van der Waals surface area contributed by atoms with Crippen molar-refractivity contribution >= 4 is 26.4 Å². The maximum absolute atomic E-state index is 12.8. The first-order valence-corrected chi connectivity index (χ1v) is 8.76. The number of rotatable bonds is 4. The van der Waals surface area contributed by atoms with Crippen molar-refractivity contribution in [2.24, 2.45) is 0 Å². The van der Waals surface area contributed by atoms with Crippen molar-refractivity contribution in [1.82, 2.24) is 4.98 Å². The van der Waals surface area contributed by atoms with E-state index >= 15 is 0 Å². The van der Waals surface area contributed by atoms with Crippen LogP contribution in [-0.4, -0.2) is 18.9 Å². The van der Waals surface area contributed by atoms with E-state index in [-0.39, 0.29) is 12.2 Å². The number of para-hydroxylation sites is 2. The zero-order chi connectivity index (χ0) is 18.1. The van der Waals surface area contributed by atoms with Crippen molar-refractivity contribution in [2.75, 3.05) is 5.32 Å². The van der Waals surface area contributed by atoms with Gasteiger partial charge in [-0.1, -0.05) is 36.4 Å². The number of halogens is 3. The molecule has 0 aliphatic heterocycles. The molecule has 0 aliphatic rings. The number of anilines is 1. The van der Waals surface area contributed by atoms with E-state index in [9.17, 15) is 21.6 Å². The summed E-state index contributed by atoms with van der Waals surface area (Å²) in [4.78, 5) is 3.47. The van der Waals surface area contributed by atoms with Gasteiger partial charge in [-0.2, -0.15) is 13.2 Å². The second-order valence-corrected chi connectivity index (χ2v) is 7.20. The van der Waals surface area contributed by atoms with E-state index in [4.69, 9.17) is 0 Å². The summed E-state index contributed by atoms with van der Waals surface area (Å²) in [6.45, 7) is 0.138. The van der Waals surface area contributed by atoms with Gasteiger partial charge < -0.3 is 5.32 Å². The van der Waals surface area contributed by atoms with E-state index in [1.54, 1.807) is 24.4 Å². The molecule has 3 aromatic rings. The molecular formula is C17H13F3N2O2S. The first kappa shape index (κ1) is 17.2. The zero-order valence-electron chi connectivity index (χ0n) is 12.8. The van der Waals surface area contributed by atoms with E-state index in [1.165, 1.54) is 18.2 Å². The van der Waals surface area contributed by atoms with E-state index in [0.29, 0.717) is 5.52 Å². The van der Waals surface area contributed by atoms with Crippen LogP contribution in [0.5, 0.6) is 0 Å². The molecule has 130 valence electrons. The fraction of sp³-hybridized carbons (Fsp3) is 0.118. The van der Waals surface area contributed by atoms with E-state index in [0.717, 1.165) is 17.0 Å². The van der Waals surface area contributed by atoms with Gasteiger partial charge in [0.05, 0.1) is 16.1 Å². The topological polar surface area (TPSA) is 59.1 Å². The third kappa shape index (κ3) is 3.30. The molecule has 0 atom stereocenters. The Kier molecular flexibility index (Phi) is 4.38. The summed E-state index contributed by atoms with van der Waals surface area (Å²) in [6.07, 6.45) is 1.62. The SMILES string of the molecule is O=S(=O)(c1ccccc1NCc1cccc2cccnc12)C(F)(F)F. The van der Waals surface area contributed by atoms with Gasteiger partial charge in [0, 0.05) is 18.1 Å². The number of pyridine rings is 1. The Hall–Kier alpha value is -2.61. The number of aromatic nitrogens is 1. The second kappa shape index (κ2) is 6.36. The van der Waals surface area contributed by atoms with Crippen LogP contribution in [0, 0.1) is 0 Å². The van der Waals surface area contributed by atoms with E-state index in [1.807, 2.05) is 12.1 Å². The highest BCUT2D eigenvalue weighted by Crippen LogP contribution is 2.34. The van der Waals surface area contributed by atoms with Gasteiger partial charge >= 0.3 is 5.51 Å². The lowest BCUT2D eigenvalue weighted by Crippen LogP contribution is -2.24. The fourth-order valence-electron chi connectivity index (χ4n) is 2.47. The first-order valence-electron chi connectivity index (χ1n) is 7.27. The monoisotopic (exact) mass is 366 g/mol. The molecule has 0 fully saturated rings. The van der Waals surface area contributed by atoms with Crippen molar-refractivity contribution in [3.05, 3.63) is 66.4 Å². The minimum Gasteiger partial charge on any atom is -0.380 e. The summed E-state index contributed by atoms with van der Waals surface area (Å²) in [5.41, 5.74) is -4.01. The van der Waals surface area contributed by atoms with E-state index in [2.05, 4.69) is 10.3 Å². The number of benzene rings is 2. The summed E-state index contributed by atoms with van der Waals surface area (Å²) in [6, 6.07) is 14.1. The Morgan fingerprint density at radius 3 is 2.44 bits per heavy atom. The van der Waals surface area contributed by atoms with Gasteiger partial charge in [0.15, 0.2) is 0 Å². The van der Waals surface area contributed by atoms with E-state index < -0.39 is 20.2 Å². The molecule has 0 amide bonds. The number of sulfone groups is 1. The molecule has 0 aliphatic carbocycles. The van der Waals surface area contributed by atoms with Gasteiger partial charge in [0.25, 0.3) is 9.84 Å². The Morgan fingerprint density at radius 1 is 0.960 bits per heavy atom. The van der Waals surface area contributed by atoms with Crippen LogP contribution in [0.3, 0.4) is 0 Å². The number of alkyl halides is 3. The van der Waals surface area contributed by atoms with Crippen molar-refractivity contribution in [2.45, 2.75) is 16.9 Å². The van der Waals surface area contributed by atoms with Crippen LogP contribution < -0.4 is 5.32 Å². The first-order chi connectivity index (χ1) is 11.8. The molecule has 0 spiro atoms. The highest BCUT2D eigenvalue weighted by Gasteiger charge is 2.47. The van der Waals surface area contributed by atoms with Crippen molar-refractivity contribution in [1.29, 1.82) is 0 Å². The quantitative estimate of drug-likeness (QED) is 0.754. The molecule has 0 unspecified atom stereocenters. The molecule has 0 saturated heterocycles. The van der Waals surface area contributed by atoms with Crippen LogP contribution in [0.4, 0.5) is 18.9 Å². The summed E-state index contributed by atoms with van der Waals surface area (Å²) >= 11 is 0. The molecule has 8 heteroatoms. The number of hydrogen-bond donors (Lipinski definition) is 1. The average Bonchev–Trinajstić information content (AvgIpc) is 2.59. The van der Waals surface area contributed by atoms with Crippen molar-refractivity contribution in [3.63, 3.8) is 0 Å². The Morgan fingerprint density at radius 2 is 1.68 bits per heavy atom. The number of hydrogen-bond acceptors (Lipinski definition) is 4. The predicted octanol–water partition coefficient (Wildman–Crippen LogP) is 4.14. The third-order valence-corrected chi connectivity index (χ3v) is 5.21. The summed E-state index contributed by atoms with van der Waals surface area (Å²) in [5.74, 6) is 0. The molecule has 4 nitrogen and oxygen atoms in total. The Balaban J connectivity index is 1.95. The average molecular weight is 366 g/mol. The normalized spacial score (nSPS) is 12.3. The van der Waals surface area contributed by atoms with Gasteiger partial charge in [-0.3, -0.25) is 4.98 Å². The molecule has 0 saturated carbocycles. The molecule has 1 aromatic heterocycles. The largest absolute Gasteiger partial charge is 0.501 e. The second-order valence-electron chi connectivity index (χ2n) is 5.29. The zero-order valence-corrected chi connectivity index (χ0v) is 13.6. The third-order valence-electron chi connectivity index (χ3n) is 3.67. The van der Waals surface area contributed by atoms with Crippen LogP contribution in [0.15, 0.2) is 65.7 Å². The van der Waals surface area contributed by atoms with Crippen LogP contribution in [0.25, 0.3) is 10.9 Å². The molecule has 25 heavy (non-hydrogen) atoms. The van der Waals surface area contributed by atoms with Crippen molar-refractivity contribution in [3.8, 4) is 0 Å². The lowest BCUT2D eigenvalue weighted by Gasteiger charge is -2.14. The van der Waals surface area contributed by atoms with Crippen LogP contribution >= 0.6 is 0 Å². The number of fused-ring (bicyclic) bond motifs is 1. The standard InChI is InChI=1S/C17H13F3N2O2S/c18-17(19,20)25(23,24)15-9-2-1-8-14(15)22-11-13-6-3-5-12-7-4-10-21-16(12)13/h1-10,22H,11H2. The van der Waals surface area contributed by atoms with Gasteiger partial charge in [-0.25, -0.2) is 8.42 Å². The summed E-state index contributed by atoms with van der Waals surface area (Å²) in [5, 5.41) is 3.67.